The lowest BCUT2D eigenvalue weighted by molar-refractivity contribution is -0.192. The number of hydrogen-bond donors (Lipinski definition) is 2. The molecule has 3 aromatic rings. The summed E-state index contributed by atoms with van der Waals surface area (Å²) in [5.74, 6) is -0.809. The molecule has 42 heavy (non-hydrogen) atoms. The van der Waals surface area contributed by atoms with Crippen molar-refractivity contribution in [3.63, 3.8) is 0 Å². The molecule has 13 nitrogen and oxygen atoms in total. The van der Waals surface area contributed by atoms with E-state index in [4.69, 9.17) is 24.2 Å². The molecule has 0 radical (unpaired) electrons. The molecule has 2 N–H and O–H groups in total. The Hall–Kier alpha value is -2.97. The Kier molecular flexibility index (Phi) is 7.94. The zero-order valence-electron chi connectivity index (χ0n) is 23.6. The van der Waals surface area contributed by atoms with E-state index in [1.807, 2.05) is 38.1 Å². The minimum Gasteiger partial charge on any atom is -0.458 e. The van der Waals surface area contributed by atoms with Crippen LogP contribution in [0.5, 0.6) is 0 Å². The Morgan fingerprint density at radius 3 is 2.57 bits per heavy atom. The normalized spacial score (nSPS) is 18.3. The van der Waals surface area contributed by atoms with Crippen LogP contribution >= 0.6 is 7.82 Å². The molecule has 4 heterocycles. The second kappa shape index (κ2) is 10.9. The first-order chi connectivity index (χ1) is 19.7. The predicted molar refractivity (Wildman–Crippen MR) is 152 cm³/mol. The van der Waals surface area contributed by atoms with E-state index in [0.717, 1.165) is 16.5 Å². The van der Waals surface area contributed by atoms with Gasteiger partial charge in [0.1, 0.15) is 6.61 Å². The number of aromatic nitrogens is 2. The summed E-state index contributed by atoms with van der Waals surface area (Å²) < 4.78 is 54.5. The lowest BCUT2D eigenvalue weighted by Gasteiger charge is -2.35. The maximum Gasteiger partial charge on any atom is 0.471 e. The van der Waals surface area contributed by atoms with Crippen LogP contribution in [0.2, 0.25) is 0 Å². The van der Waals surface area contributed by atoms with Gasteiger partial charge in [-0.25, -0.2) is 22.8 Å². The van der Waals surface area contributed by atoms with Crippen molar-refractivity contribution in [2.75, 3.05) is 19.6 Å². The molecule has 0 fully saturated rings. The molecule has 15 heteroatoms. The highest BCUT2D eigenvalue weighted by molar-refractivity contribution is 7.88. The van der Waals surface area contributed by atoms with Gasteiger partial charge in [0.15, 0.2) is 12.4 Å². The number of fused-ring (bicyclic) bond motifs is 5. The molecule has 2 aliphatic heterocycles. The third-order valence-corrected chi connectivity index (χ3v) is 9.69. The highest BCUT2D eigenvalue weighted by Crippen LogP contribution is 2.43. The van der Waals surface area contributed by atoms with E-state index in [1.165, 1.54) is 10.6 Å². The number of ether oxygens (including phenoxy) is 2. The van der Waals surface area contributed by atoms with Gasteiger partial charge >= 0.3 is 13.8 Å². The first-order valence-electron chi connectivity index (χ1n) is 13.3. The first kappa shape index (κ1) is 30.5. The minimum atomic E-state index is -4.90. The third-order valence-electron chi connectivity index (χ3n) is 7.79. The minimum absolute atomic E-state index is 0.00791. The summed E-state index contributed by atoms with van der Waals surface area (Å²) in [6.45, 7) is 4.44. The second-order valence-electron chi connectivity index (χ2n) is 10.6. The number of nitrogens with zero attached hydrogens (tertiary/aromatic N) is 3. The number of phosphoric acid groups is 1. The molecule has 0 bridgehead atoms. The lowest BCUT2D eigenvalue weighted by atomic mass is 9.85. The van der Waals surface area contributed by atoms with Crippen molar-refractivity contribution in [1.29, 1.82) is 0 Å². The molecule has 226 valence electrons. The number of pyridine rings is 2. The molecule has 0 unspecified atom stereocenters. The predicted octanol–water partition coefficient (Wildman–Crippen LogP) is 2.38. The zero-order chi connectivity index (χ0) is 30.6. The number of carbonyl (C=O) groups is 1. The molecule has 5 rings (SSSR count). The quantitative estimate of drug-likeness (QED) is 0.151. The van der Waals surface area contributed by atoms with Crippen molar-refractivity contribution >= 4 is 34.7 Å². The van der Waals surface area contributed by atoms with Crippen LogP contribution in [-0.2, 0) is 58.6 Å². The van der Waals surface area contributed by atoms with Crippen molar-refractivity contribution in [3.05, 3.63) is 62.9 Å². The summed E-state index contributed by atoms with van der Waals surface area (Å²) in [7, 11) is -8.37. The number of cyclic esters (lactones) is 1. The van der Waals surface area contributed by atoms with Crippen molar-refractivity contribution in [1.82, 2.24) is 13.9 Å². The van der Waals surface area contributed by atoms with Crippen LogP contribution in [0.4, 0.5) is 0 Å². The van der Waals surface area contributed by atoms with Gasteiger partial charge < -0.3 is 23.8 Å². The highest BCUT2D eigenvalue weighted by atomic mass is 32.2. The van der Waals surface area contributed by atoms with Crippen molar-refractivity contribution in [2.45, 2.75) is 58.4 Å². The Balaban J connectivity index is 1.66. The van der Waals surface area contributed by atoms with Gasteiger partial charge in [-0.3, -0.25) is 9.32 Å². The van der Waals surface area contributed by atoms with Gasteiger partial charge in [-0.1, -0.05) is 25.1 Å². The Bertz CT molecular complexity index is 1800. The van der Waals surface area contributed by atoms with E-state index in [0.29, 0.717) is 23.3 Å². The van der Waals surface area contributed by atoms with Gasteiger partial charge in [0.25, 0.3) is 5.56 Å². The van der Waals surface area contributed by atoms with Gasteiger partial charge in [0.2, 0.25) is 10.0 Å². The van der Waals surface area contributed by atoms with Gasteiger partial charge in [-0.05, 0) is 44.4 Å². The number of phosphoric ester groups is 1. The Morgan fingerprint density at radius 2 is 1.93 bits per heavy atom. The van der Waals surface area contributed by atoms with Gasteiger partial charge in [0, 0.05) is 29.1 Å². The molecule has 2 aromatic heterocycles. The molecule has 1 atom stereocenters. The SMILES string of the molecule is CC[C@@]1(OCOP(=O)(O)O)C(=O)OCc2c1cc1n(c2=O)Cc2c-1nc1ccccc1c2CCN(C(C)C)S(C)(=O)=O. The van der Waals surface area contributed by atoms with Crippen molar-refractivity contribution < 1.29 is 41.6 Å². The largest absolute Gasteiger partial charge is 0.471 e. The van der Waals surface area contributed by atoms with Crippen molar-refractivity contribution in [2.24, 2.45) is 0 Å². The zero-order valence-corrected chi connectivity index (χ0v) is 25.3. The summed E-state index contributed by atoms with van der Waals surface area (Å²) in [5, 5.41) is 0.846. The van der Waals surface area contributed by atoms with Crippen LogP contribution in [0.3, 0.4) is 0 Å². The van der Waals surface area contributed by atoms with Crippen LogP contribution < -0.4 is 5.56 Å². The summed E-state index contributed by atoms with van der Waals surface area (Å²) in [6, 6.07) is 8.86. The molecule has 0 spiro atoms. The summed E-state index contributed by atoms with van der Waals surface area (Å²) in [5.41, 5.74) is 1.40. The fraction of sp³-hybridized carbons (Fsp3) is 0.444. The number of hydrogen-bond acceptors (Lipinski definition) is 9. The average Bonchev–Trinajstić information content (AvgIpc) is 3.27. The smallest absolute Gasteiger partial charge is 0.458 e. The van der Waals surface area contributed by atoms with E-state index in [9.17, 15) is 22.6 Å². The first-order valence-corrected chi connectivity index (χ1v) is 16.7. The van der Waals surface area contributed by atoms with Crippen LogP contribution in [0.1, 0.15) is 49.4 Å². The van der Waals surface area contributed by atoms with Crippen LogP contribution in [-0.4, -0.2) is 63.7 Å². The molecular formula is C27H32N3O10PS. The van der Waals surface area contributed by atoms with Crippen LogP contribution in [0.15, 0.2) is 35.1 Å². The maximum atomic E-state index is 13.9. The Labute approximate surface area is 242 Å². The topological polar surface area (TPSA) is 175 Å². The van der Waals surface area contributed by atoms with E-state index in [-0.39, 0.29) is 43.3 Å². The second-order valence-corrected chi connectivity index (χ2v) is 13.8. The number of para-hydroxylation sites is 1. The van der Waals surface area contributed by atoms with E-state index in [1.54, 1.807) is 17.6 Å². The molecule has 0 amide bonds. The number of sulfonamides is 1. The molecule has 2 aliphatic rings. The van der Waals surface area contributed by atoms with Gasteiger partial charge in [-0.2, -0.15) is 4.31 Å². The number of rotatable bonds is 10. The van der Waals surface area contributed by atoms with Crippen LogP contribution in [0, 0.1) is 0 Å². The molecule has 0 saturated carbocycles. The number of benzene rings is 1. The van der Waals surface area contributed by atoms with E-state index >= 15 is 0 Å². The molecule has 0 saturated heterocycles. The standard InChI is InChI=1S/C27H32N3O10PS/c1-5-27(39-15-40-41(33,34)35)21-12-23-24-19(13-29(23)25(31)20(21)14-38-26(27)32)17(18-8-6-7-9-22(18)28-24)10-11-30(16(2)3)42(4,36)37/h6-9,12,16H,5,10-11,13-15H2,1-4H3,(H2,33,34,35)/t27-/m0/s1. The lowest BCUT2D eigenvalue weighted by Crippen LogP contribution is -2.46. The average molecular weight is 622 g/mol. The molecule has 0 aliphatic carbocycles. The molecule has 1 aromatic carbocycles. The maximum absolute atomic E-state index is 13.9. The van der Waals surface area contributed by atoms with Gasteiger partial charge in [0.05, 0.1) is 35.3 Å². The summed E-state index contributed by atoms with van der Waals surface area (Å²) >= 11 is 0. The fourth-order valence-corrected chi connectivity index (χ4v) is 7.23. The summed E-state index contributed by atoms with van der Waals surface area (Å²) in [4.78, 5) is 50.0. The van der Waals surface area contributed by atoms with E-state index in [2.05, 4.69) is 4.52 Å². The van der Waals surface area contributed by atoms with Crippen molar-refractivity contribution in [3.8, 4) is 11.4 Å². The Morgan fingerprint density at radius 1 is 1.21 bits per heavy atom. The monoisotopic (exact) mass is 621 g/mol. The number of esters is 1. The highest BCUT2D eigenvalue weighted by Gasteiger charge is 2.48. The summed E-state index contributed by atoms with van der Waals surface area (Å²) in [6.07, 6.45) is 1.55. The number of carbonyl (C=O) groups excluding carboxylic acids is 1. The fourth-order valence-electron chi connectivity index (χ4n) is 5.85. The van der Waals surface area contributed by atoms with E-state index < -0.39 is 41.8 Å². The molecular weight excluding hydrogens is 589 g/mol. The third kappa shape index (κ3) is 5.32. The van der Waals surface area contributed by atoms with Gasteiger partial charge in [-0.15, -0.1) is 0 Å². The van der Waals surface area contributed by atoms with Crippen LogP contribution in [0.25, 0.3) is 22.3 Å².